The molecule has 10 heteroatoms. The largest absolute Gasteiger partial charge is 0.508 e. The van der Waals surface area contributed by atoms with E-state index in [2.05, 4.69) is 29.4 Å². The fourth-order valence-corrected chi connectivity index (χ4v) is 6.87. The minimum Gasteiger partial charge on any atom is -0.508 e. The number of hydrogen-bond acceptors (Lipinski definition) is 6. The van der Waals surface area contributed by atoms with Gasteiger partial charge in [0, 0.05) is 30.8 Å². The summed E-state index contributed by atoms with van der Waals surface area (Å²) in [6, 6.07) is 23.2. The highest BCUT2D eigenvalue weighted by Gasteiger charge is 2.51. The lowest BCUT2D eigenvalue weighted by molar-refractivity contribution is -0.189. The van der Waals surface area contributed by atoms with Crippen molar-refractivity contribution in [1.82, 2.24) is 25.1 Å². The van der Waals surface area contributed by atoms with Gasteiger partial charge in [-0.1, -0.05) is 66.7 Å². The molecule has 2 fully saturated rings. The Morgan fingerprint density at radius 1 is 1.00 bits per heavy atom. The van der Waals surface area contributed by atoms with Gasteiger partial charge in [0.2, 0.25) is 11.8 Å². The molecule has 3 aromatic carbocycles. The van der Waals surface area contributed by atoms with Crippen LogP contribution in [-0.4, -0.2) is 74.6 Å². The van der Waals surface area contributed by atoms with Gasteiger partial charge in [-0.25, -0.2) is 14.8 Å². The van der Waals surface area contributed by atoms with E-state index >= 15 is 0 Å². The van der Waals surface area contributed by atoms with Gasteiger partial charge >= 0.3 is 6.03 Å². The van der Waals surface area contributed by atoms with Crippen LogP contribution in [0.2, 0.25) is 0 Å². The zero-order valence-corrected chi connectivity index (χ0v) is 24.5. The Kier molecular flexibility index (Phi) is 8.13. The predicted molar refractivity (Wildman–Crippen MR) is 166 cm³/mol. The Balaban J connectivity index is 1.36. The normalized spacial score (nSPS) is 19.0. The average molecular weight is 596 g/mol. The summed E-state index contributed by atoms with van der Waals surface area (Å²) in [6.45, 7) is 4.91. The molecule has 4 aromatic rings. The highest BCUT2D eigenvalue weighted by molar-refractivity contribution is 7.17. The number of aromatic hydroxyl groups is 1. The third kappa shape index (κ3) is 5.84. The number of benzene rings is 3. The van der Waals surface area contributed by atoms with Crippen molar-refractivity contribution < 1.29 is 19.5 Å². The summed E-state index contributed by atoms with van der Waals surface area (Å²) in [6.07, 6.45) is 1.20. The van der Waals surface area contributed by atoms with Gasteiger partial charge < -0.3 is 20.2 Å². The van der Waals surface area contributed by atoms with E-state index < -0.39 is 12.2 Å². The molecule has 3 heterocycles. The molecule has 0 bridgehead atoms. The van der Waals surface area contributed by atoms with E-state index in [1.54, 1.807) is 61.5 Å². The molecule has 220 valence electrons. The summed E-state index contributed by atoms with van der Waals surface area (Å²) in [5.41, 5.74) is 2.78. The molecule has 2 atom stereocenters. The predicted octanol–water partition coefficient (Wildman–Crippen LogP) is 4.34. The molecule has 2 aliphatic heterocycles. The lowest BCUT2D eigenvalue weighted by Crippen LogP contribution is -2.76. The molecule has 0 radical (unpaired) electrons. The van der Waals surface area contributed by atoms with Crippen LogP contribution in [0.1, 0.15) is 16.7 Å². The summed E-state index contributed by atoms with van der Waals surface area (Å²) < 4.78 is 1.14. The van der Waals surface area contributed by atoms with Crippen LogP contribution in [0, 0.1) is 0 Å². The van der Waals surface area contributed by atoms with Crippen LogP contribution in [0.15, 0.2) is 96.9 Å². The number of carbonyl (C=O) groups excluding carboxylic acids is 3. The smallest absolute Gasteiger partial charge is 0.334 e. The molecule has 2 N–H and O–H groups in total. The van der Waals surface area contributed by atoms with Gasteiger partial charge in [0.05, 0.1) is 13.1 Å². The summed E-state index contributed by atoms with van der Waals surface area (Å²) in [5.74, 6) is -0.274. The van der Waals surface area contributed by atoms with Crippen molar-refractivity contribution in [2.24, 2.45) is 0 Å². The van der Waals surface area contributed by atoms with Gasteiger partial charge in [0.1, 0.15) is 18.0 Å². The summed E-state index contributed by atoms with van der Waals surface area (Å²) in [5, 5.41) is 19.3. The zero-order chi connectivity index (χ0) is 29.9. The second-order valence-electron chi connectivity index (χ2n) is 10.8. The Hall–Kier alpha value is -4.67. The van der Waals surface area contributed by atoms with Crippen LogP contribution in [0.4, 0.5) is 4.79 Å². The Morgan fingerprint density at radius 2 is 1.74 bits per heavy atom. The first-order valence-corrected chi connectivity index (χ1v) is 15.1. The monoisotopic (exact) mass is 595 g/mol. The van der Waals surface area contributed by atoms with Crippen molar-refractivity contribution in [2.45, 2.75) is 31.7 Å². The number of phenolic OH excluding ortho intramolecular Hbond substituents is 1. The van der Waals surface area contributed by atoms with Crippen molar-refractivity contribution in [3.63, 3.8) is 0 Å². The Labute approximate surface area is 254 Å². The second-order valence-corrected chi connectivity index (χ2v) is 11.7. The first kappa shape index (κ1) is 28.4. The maximum absolute atomic E-state index is 14.2. The number of nitrogens with one attached hydrogen (secondary N) is 1. The minimum atomic E-state index is -0.823. The number of fused-ring (bicyclic) bond motifs is 2. The topological polar surface area (TPSA) is 96.4 Å². The third-order valence-corrected chi connectivity index (χ3v) is 8.96. The SMILES string of the molecule is C=CCN1CC(=O)N2[C@@H](Cc3ccc(O)cc3)C(=O)N(Cc3csc4ccccc34)C[C@@H]2N1C(=O)NCc1ccccc1. The van der Waals surface area contributed by atoms with Gasteiger partial charge in [-0.05, 0) is 45.7 Å². The second kappa shape index (κ2) is 12.3. The lowest BCUT2D eigenvalue weighted by Gasteiger charge is -2.55. The first-order valence-electron chi connectivity index (χ1n) is 14.2. The number of phenols is 1. The average Bonchev–Trinajstić information content (AvgIpc) is 3.42. The number of thiophene rings is 1. The Bertz CT molecular complexity index is 1640. The number of hydrazine groups is 1. The van der Waals surface area contributed by atoms with Crippen molar-refractivity contribution in [1.29, 1.82) is 0 Å². The minimum absolute atomic E-state index is 0.0597. The molecule has 1 aromatic heterocycles. The van der Waals surface area contributed by atoms with Crippen LogP contribution < -0.4 is 5.32 Å². The van der Waals surface area contributed by atoms with E-state index in [0.29, 0.717) is 19.6 Å². The van der Waals surface area contributed by atoms with E-state index in [1.165, 1.54) is 0 Å². The third-order valence-electron chi connectivity index (χ3n) is 7.95. The maximum Gasteiger partial charge on any atom is 0.334 e. The number of amides is 4. The quantitative estimate of drug-likeness (QED) is 0.296. The number of urea groups is 1. The maximum atomic E-state index is 14.2. The Morgan fingerprint density at radius 3 is 2.51 bits per heavy atom. The van der Waals surface area contributed by atoms with E-state index in [9.17, 15) is 19.5 Å². The molecule has 4 amide bonds. The summed E-state index contributed by atoms with van der Waals surface area (Å²) in [4.78, 5) is 45.2. The molecule has 43 heavy (non-hydrogen) atoms. The summed E-state index contributed by atoms with van der Waals surface area (Å²) >= 11 is 1.63. The van der Waals surface area contributed by atoms with Crippen LogP contribution in [-0.2, 0) is 29.1 Å². The van der Waals surface area contributed by atoms with Gasteiger partial charge in [-0.15, -0.1) is 17.9 Å². The fraction of sp³-hybridized carbons (Fsp3) is 0.242. The van der Waals surface area contributed by atoms with Crippen LogP contribution >= 0.6 is 11.3 Å². The number of hydrogen-bond donors (Lipinski definition) is 2. The molecule has 2 aliphatic rings. The molecule has 6 rings (SSSR count). The van der Waals surface area contributed by atoms with E-state index in [0.717, 1.165) is 26.8 Å². The molecule has 0 unspecified atom stereocenters. The van der Waals surface area contributed by atoms with Crippen molar-refractivity contribution in [3.8, 4) is 5.75 Å². The van der Waals surface area contributed by atoms with Crippen molar-refractivity contribution >= 4 is 39.3 Å². The molecule has 0 saturated carbocycles. The highest BCUT2D eigenvalue weighted by atomic mass is 32.1. The molecular formula is C33H33N5O4S. The van der Waals surface area contributed by atoms with Crippen LogP contribution in [0.3, 0.4) is 0 Å². The van der Waals surface area contributed by atoms with Gasteiger partial charge in [0.25, 0.3) is 0 Å². The molecule has 0 spiro atoms. The molecule has 2 saturated heterocycles. The molecular weight excluding hydrogens is 562 g/mol. The van der Waals surface area contributed by atoms with E-state index in [1.807, 2.05) is 42.5 Å². The molecule has 9 nitrogen and oxygen atoms in total. The number of piperazine rings is 1. The van der Waals surface area contributed by atoms with Crippen molar-refractivity contribution in [3.05, 3.63) is 114 Å². The molecule has 0 aliphatic carbocycles. The van der Waals surface area contributed by atoms with Crippen LogP contribution in [0.25, 0.3) is 10.1 Å². The van der Waals surface area contributed by atoms with Gasteiger partial charge in [-0.2, -0.15) is 0 Å². The van der Waals surface area contributed by atoms with E-state index in [-0.39, 0.29) is 43.1 Å². The zero-order valence-electron chi connectivity index (χ0n) is 23.6. The summed E-state index contributed by atoms with van der Waals surface area (Å²) in [7, 11) is 0. The number of carbonyl (C=O) groups is 3. The lowest BCUT2D eigenvalue weighted by atomic mass is 9.98. The van der Waals surface area contributed by atoms with Gasteiger partial charge in [-0.3, -0.25) is 9.59 Å². The van der Waals surface area contributed by atoms with Gasteiger partial charge in [0.15, 0.2) is 0 Å². The first-order chi connectivity index (χ1) is 20.9. The standard InChI is InChI=1S/C33H33N5O4S/c1-2-16-36-21-31(40)37-28(17-23-12-14-26(39)15-13-23)32(41)35(19-25-22-43-29-11-7-6-10-27(25)29)20-30(37)38(36)33(42)34-18-24-8-4-3-5-9-24/h2-15,22,28,30,39H,1,16-21H2,(H,34,42)/t28-,30-/m0/s1. The van der Waals surface area contributed by atoms with Crippen molar-refractivity contribution in [2.75, 3.05) is 19.6 Å². The number of nitrogens with zero attached hydrogens (tertiary/aromatic N) is 4. The van der Waals surface area contributed by atoms with Crippen LogP contribution in [0.5, 0.6) is 5.75 Å². The van der Waals surface area contributed by atoms with E-state index in [4.69, 9.17) is 0 Å². The number of rotatable bonds is 8. The highest BCUT2D eigenvalue weighted by Crippen LogP contribution is 2.32. The fourth-order valence-electron chi connectivity index (χ4n) is 5.91.